The molecule has 1 aromatic carbocycles. The Hall–Kier alpha value is -2.14. The number of aldehydes is 1. The zero-order valence-electron chi connectivity index (χ0n) is 15.5. The van der Waals surface area contributed by atoms with Crippen LogP contribution >= 0.6 is 0 Å². The van der Waals surface area contributed by atoms with Crippen LogP contribution < -0.4 is 5.73 Å². The summed E-state index contributed by atoms with van der Waals surface area (Å²) in [7, 11) is 1.62. The van der Waals surface area contributed by atoms with Gasteiger partial charge in [-0.05, 0) is 24.5 Å². The molecule has 0 aromatic heterocycles. The number of carbonyl (C=O) groups is 2. The van der Waals surface area contributed by atoms with Gasteiger partial charge >= 0.3 is 0 Å². The van der Waals surface area contributed by atoms with E-state index in [9.17, 15) is 9.59 Å². The smallest absolute Gasteiger partial charge is 0.242 e. The minimum absolute atomic E-state index is 0.0160. The molecule has 0 spiro atoms. The molecule has 1 aromatic rings. The highest BCUT2D eigenvalue weighted by Crippen LogP contribution is 2.14. The summed E-state index contributed by atoms with van der Waals surface area (Å²) in [5.41, 5.74) is 8.73. The van der Waals surface area contributed by atoms with E-state index in [0.29, 0.717) is 25.4 Å². The van der Waals surface area contributed by atoms with Crippen molar-refractivity contribution in [2.75, 3.05) is 20.3 Å². The molecule has 0 bridgehead atoms. The first-order valence-corrected chi connectivity index (χ1v) is 8.31. The minimum atomic E-state index is -0.692. The number of Topliss-reactive ketones (excluding diaryl/α,β-unsaturated/α-hetero) is 1. The molecule has 0 unspecified atom stereocenters. The van der Waals surface area contributed by atoms with Crippen LogP contribution in [0.3, 0.4) is 0 Å². The van der Waals surface area contributed by atoms with Crippen molar-refractivity contribution in [2.24, 2.45) is 5.73 Å². The van der Waals surface area contributed by atoms with Gasteiger partial charge in [0.1, 0.15) is 5.70 Å². The Morgan fingerprint density at radius 1 is 1.29 bits per heavy atom. The number of nitrogens with two attached hydrogens (primary N) is 1. The fourth-order valence-corrected chi connectivity index (χ4v) is 2.15. The normalized spacial score (nSPS) is 11.0. The van der Waals surface area contributed by atoms with Gasteiger partial charge in [0.05, 0.1) is 6.61 Å². The van der Waals surface area contributed by atoms with Crippen LogP contribution in [-0.4, -0.2) is 37.2 Å². The summed E-state index contributed by atoms with van der Waals surface area (Å²) in [4.78, 5) is 24.1. The monoisotopic (exact) mass is 334 g/mol. The predicted molar refractivity (Wildman–Crippen MR) is 97.4 cm³/mol. The van der Waals surface area contributed by atoms with Gasteiger partial charge in [-0.15, -0.1) is 0 Å². The van der Waals surface area contributed by atoms with Crippen LogP contribution in [0.25, 0.3) is 0 Å². The Labute approximate surface area is 145 Å². The fourth-order valence-electron chi connectivity index (χ4n) is 2.15. The maximum absolute atomic E-state index is 11.5. The van der Waals surface area contributed by atoms with Crippen molar-refractivity contribution in [1.82, 2.24) is 4.90 Å². The summed E-state index contributed by atoms with van der Waals surface area (Å²) in [6.45, 7) is 9.55. The van der Waals surface area contributed by atoms with Gasteiger partial charge in [0.25, 0.3) is 0 Å². The van der Waals surface area contributed by atoms with E-state index in [0.717, 1.165) is 12.0 Å². The number of allylic oxidation sites excluding steroid dienone is 2. The molecule has 0 atom stereocenters. The van der Waals surface area contributed by atoms with Crippen molar-refractivity contribution < 1.29 is 14.3 Å². The number of hydrogen-bond donors (Lipinski definition) is 1. The van der Waals surface area contributed by atoms with Gasteiger partial charge in [-0.25, -0.2) is 0 Å². The number of hydrogen-bond acceptors (Lipinski definition) is 5. The van der Waals surface area contributed by atoms with E-state index in [1.165, 1.54) is 5.56 Å². The van der Waals surface area contributed by atoms with E-state index >= 15 is 0 Å². The van der Waals surface area contributed by atoms with Crippen LogP contribution in [0.2, 0.25) is 0 Å². The molecule has 0 heterocycles. The lowest BCUT2D eigenvalue weighted by atomic mass is 10.1. The van der Waals surface area contributed by atoms with E-state index in [-0.39, 0.29) is 12.0 Å². The number of nitrogens with zero attached hydrogens (tertiary/aromatic N) is 1. The van der Waals surface area contributed by atoms with Crippen molar-refractivity contribution >= 4 is 12.1 Å². The molecule has 0 fully saturated rings. The summed E-state index contributed by atoms with van der Waals surface area (Å²) in [5, 5.41) is 0. The Morgan fingerprint density at radius 2 is 1.92 bits per heavy atom. The van der Waals surface area contributed by atoms with Crippen molar-refractivity contribution in [3.63, 3.8) is 0 Å². The van der Waals surface area contributed by atoms with Crippen LogP contribution in [0, 0.1) is 0 Å². The Kier molecular flexibility index (Phi) is 11.2. The number of methoxy groups -OCH3 is 1. The second kappa shape index (κ2) is 12.3. The third-order valence-corrected chi connectivity index (χ3v) is 3.58. The standard InChI is InChI=1S/C17H24N2O3.C2H6/c1-4-14-6-5-7-15(10-14)11-19(8-9-22-3)13(2)17(18)16(21)12-20;1-2/h5-7,10,12H,4,8-9,11,18H2,1-3H3;1-2H3/b17-13-;. The predicted octanol–water partition coefficient (Wildman–Crippen LogP) is 2.68. The molecular weight excluding hydrogens is 304 g/mol. The molecule has 134 valence electrons. The SMILES string of the molecule is CC.CCc1cccc(CN(CCOC)/C(C)=C(\N)C(=O)C=O)c1. The van der Waals surface area contributed by atoms with Crippen LogP contribution in [-0.2, 0) is 27.3 Å². The van der Waals surface area contributed by atoms with Gasteiger partial charge in [0.15, 0.2) is 6.29 Å². The Bertz CT molecular complexity index is 553. The first kappa shape index (κ1) is 21.9. The molecule has 0 aliphatic rings. The number of ether oxygens (including phenoxy) is 1. The third-order valence-electron chi connectivity index (χ3n) is 3.58. The van der Waals surface area contributed by atoms with E-state index in [1.807, 2.05) is 30.9 Å². The summed E-state index contributed by atoms with van der Waals surface area (Å²) in [5.74, 6) is -0.692. The second-order valence-electron chi connectivity index (χ2n) is 5.07. The largest absolute Gasteiger partial charge is 0.394 e. The molecular formula is C19H30N2O3. The Balaban J connectivity index is 0.00000254. The number of aryl methyl sites for hydroxylation is 1. The molecule has 0 radical (unpaired) electrons. The van der Waals surface area contributed by atoms with Gasteiger partial charge in [-0.3, -0.25) is 9.59 Å². The molecule has 1 rings (SSSR count). The maximum Gasteiger partial charge on any atom is 0.242 e. The van der Waals surface area contributed by atoms with Crippen molar-refractivity contribution in [2.45, 2.75) is 40.7 Å². The lowest BCUT2D eigenvalue weighted by Crippen LogP contribution is -2.30. The van der Waals surface area contributed by atoms with Gasteiger partial charge < -0.3 is 15.4 Å². The lowest BCUT2D eigenvalue weighted by molar-refractivity contribution is -0.127. The van der Waals surface area contributed by atoms with E-state index in [2.05, 4.69) is 19.1 Å². The van der Waals surface area contributed by atoms with Crippen molar-refractivity contribution in [3.8, 4) is 0 Å². The quantitative estimate of drug-likeness (QED) is 0.427. The number of carbonyl (C=O) groups excluding carboxylic acids is 2. The van der Waals surface area contributed by atoms with Gasteiger partial charge in [0, 0.05) is 25.9 Å². The number of ketones is 1. The topological polar surface area (TPSA) is 72.6 Å². The summed E-state index contributed by atoms with van der Waals surface area (Å²) in [6, 6.07) is 8.26. The molecule has 0 aliphatic heterocycles. The highest BCUT2D eigenvalue weighted by atomic mass is 16.5. The van der Waals surface area contributed by atoms with E-state index in [1.54, 1.807) is 14.0 Å². The molecule has 24 heavy (non-hydrogen) atoms. The maximum atomic E-state index is 11.5. The number of benzene rings is 1. The van der Waals surface area contributed by atoms with E-state index in [4.69, 9.17) is 10.5 Å². The van der Waals surface area contributed by atoms with Crippen molar-refractivity contribution in [1.29, 1.82) is 0 Å². The molecule has 5 nitrogen and oxygen atoms in total. The van der Waals surface area contributed by atoms with Gasteiger partial charge in [-0.2, -0.15) is 0 Å². The average Bonchev–Trinajstić information content (AvgIpc) is 2.64. The van der Waals surface area contributed by atoms with Gasteiger partial charge in [-0.1, -0.05) is 45.0 Å². The van der Waals surface area contributed by atoms with Crippen LogP contribution in [0.15, 0.2) is 35.7 Å². The van der Waals surface area contributed by atoms with E-state index < -0.39 is 5.78 Å². The van der Waals surface area contributed by atoms with Crippen LogP contribution in [0.4, 0.5) is 0 Å². The molecule has 0 aliphatic carbocycles. The zero-order chi connectivity index (χ0) is 18.5. The zero-order valence-corrected chi connectivity index (χ0v) is 15.5. The molecule has 2 N–H and O–H groups in total. The third kappa shape index (κ3) is 6.96. The molecule has 0 saturated carbocycles. The molecule has 5 heteroatoms. The molecule has 0 amide bonds. The summed E-state index contributed by atoms with van der Waals surface area (Å²) >= 11 is 0. The lowest BCUT2D eigenvalue weighted by Gasteiger charge is -2.26. The highest BCUT2D eigenvalue weighted by Gasteiger charge is 2.14. The number of rotatable bonds is 9. The van der Waals surface area contributed by atoms with Crippen LogP contribution in [0.1, 0.15) is 38.8 Å². The van der Waals surface area contributed by atoms with Crippen molar-refractivity contribution in [3.05, 3.63) is 46.8 Å². The fraction of sp³-hybridized carbons (Fsp3) is 0.474. The average molecular weight is 334 g/mol. The summed E-state index contributed by atoms with van der Waals surface area (Å²) in [6.07, 6.45) is 1.21. The highest BCUT2D eigenvalue weighted by molar-refractivity contribution is 6.32. The van der Waals surface area contributed by atoms with Crippen LogP contribution in [0.5, 0.6) is 0 Å². The summed E-state index contributed by atoms with van der Waals surface area (Å²) < 4.78 is 5.11. The minimum Gasteiger partial charge on any atom is -0.394 e. The second-order valence-corrected chi connectivity index (χ2v) is 5.07. The molecule has 0 saturated heterocycles. The first-order valence-electron chi connectivity index (χ1n) is 8.31. The first-order chi connectivity index (χ1) is 11.5. The Morgan fingerprint density at radius 3 is 2.46 bits per heavy atom. The van der Waals surface area contributed by atoms with Gasteiger partial charge in [0.2, 0.25) is 5.78 Å².